The summed E-state index contributed by atoms with van der Waals surface area (Å²) >= 11 is 1.63. The molecule has 0 saturated carbocycles. The number of hydrogen-bond donors (Lipinski definition) is 1. The van der Waals surface area contributed by atoms with Crippen LogP contribution in [0.15, 0.2) is 35.0 Å². The minimum atomic E-state index is -4.29. The first-order chi connectivity index (χ1) is 9.91. The number of benzene rings is 1. The normalized spacial score (nSPS) is 13.4. The molecule has 2 aromatic rings. The topological polar surface area (TPSA) is 12.0 Å². The van der Waals surface area contributed by atoms with Crippen molar-refractivity contribution in [1.82, 2.24) is 5.32 Å². The summed E-state index contributed by atoms with van der Waals surface area (Å²) in [4.78, 5) is 0. The predicted octanol–water partition coefficient (Wildman–Crippen LogP) is 4.97. The number of nitrogens with one attached hydrogen (secondary N) is 1. The van der Waals surface area contributed by atoms with Crippen LogP contribution in [0.4, 0.5) is 13.2 Å². The molecule has 1 unspecified atom stereocenters. The van der Waals surface area contributed by atoms with Crippen molar-refractivity contribution in [3.63, 3.8) is 0 Å². The molecule has 1 nitrogen and oxygen atoms in total. The molecule has 0 amide bonds. The largest absolute Gasteiger partial charge is 0.416 e. The zero-order chi connectivity index (χ0) is 15.5. The van der Waals surface area contributed by atoms with Crippen molar-refractivity contribution < 1.29 is 13.2 Å². The van der Waals surface area contributed by atoms with Gasteiger partial charge in [0.15, 0.2) is 0 Å². The third kappa shape index (κ3) is 4.08. The smallest absolute Gasteiger partial charge is 0.310 e. The van der Waals surface area contributed by atoms with E-state index in [0.29, 0.717) is 5.56 Å². The highest BCUT2D eigenvalue weighted by Gasteiger charge is 2.31. The molecule has 1 atom stereocenters. The van der Waals surface area contributed by atoms with Crippen LogP contribution in [0.3, 0.4) is 0 Å². The van der Waals surface area contributed by atoms with Crippen LogP contribution < -0.4 is 5.32 Å². The third-order valence-corrected chi connectivity index (χ3v) is 4.18. The summed E-state index contributed by atoms with van der Waals surface area (Å²) in [7, 11) is 0. The molecule has 0 spiro atoms. The molecule has 1 aromatic heterocycles. The van der Waals surface area contributed by atoms with Gasteiger partial charge in [-0.2, -0.15) is 24.5 Å². The molecule has 0 bridgehead atoms. The first kappa shape index (κ1) is 16.0. The van der Waals surface area contributed by atoms with Gasteiger partial charge in [-0.25, -0.2) is 0 Å². The summed E-state index contributed by atoms with van der Waals surface area (Å²) in [6, 6.07) is 6.08. The molecule has 114 valence electrons. The lowest BCUT2D eigenvalue weighted by atomic mass is 9.94. The van der Waals surface area contributed by atoms with Crippen molar-refractivity contribution in [2.75, 3.05) is 6.54 Å². The highest BCUT2D eigenvalue weighted by Crippen LogP contribution is 2.32. The molecule has 1 aromatic carbocycles. The molecule has 0 aliphatic rings. The molecule has 1 N–H and O–H groups in total. The Kier molecular flexibility index (Phi) is 5.06. The van der Waals surface area contributed by atoms with E-state index in [9.17, 15) is 13.2 Å². The van der Waals surface area contributed by atoms with Crippen LogP contribution in [0.1, 0.15) is 35.2 Å². The second-order valence-electron chi connectivity index (χ2n) is 5.02. The van der Waals surface area contributed by atoms with E-state index in [1.807, 2.05) is 12.3 Å². The van der Waals surface area contributed by atoms with Crippen LogP contribution in [0.5, 0.6) is 0 Å². The molecule has 0 radical (unpaired) electrons. The summed E-state index contributed by atoms with van der Waals surface area (Å²) in [6.07, 6.45) is -3.51. The lowest BCUT2D eigenvalue weighted by molar-refractivity contribution is -0.137. The summed E-state index contributed by atoms with van der Waals surface area (Å²) < 4.78 is 38.2. The minimum absolute atomic E-state index is 0.0342. The van der Waals surface area contributed by atoms with Crippen molar-refractivity contribution >= 4 is 11.3 Å². The second-order valence-corrected chi connectivity index (χ2v) is 5.80. The Hall–Kier alpha value is -1.33. The van der Waals surface area contributed by atoms with E-state index < -0.39 is 11.7 Å². The number of rotatable bonds is 5. The van der Waals surface area contributed by atoms with Crippen molar-refractivity contribution in [3.05, 3.63) is 57.3 Å². The standard InChI is InChI=1S/C16H18F3NS/c1-3-20-15(9-12-6-7-21-10-12)14-5-4-13(8-11(14)2)16(17,18)19/h4-8,10,15,20H,3,9H2,1-2H3. The lowest BCUT2D eigenvalue weighted by Gasteiger charge is -2.21. The van der Waals surface area contributed by atoms with Gasteiger partial charge in [0.05, 0.1) is 5.56 Å². The molecule has 0 aliphatic heterocycles. The Balaban J connectivity index is 2.28. The van der Waals surface area contributed by atoms with Gasteiger partial charge in [0, 0.05) is 6.04 Å². The Morgan fingerprint density at radius 3 is 2.52 bits per heavy atom. The zero-order valence-corrected chi connectivity index (χ0v) is 12.8. The zero-order valence-electron chi connectivity index (χ0n) is 12.0. The highest BCUT2D eigenvalue weighted by molar-refractivity contribution is 7.07. The van der Waals surface area contributed by atoms with Crippen molar-refractivity contribution in [1.29, 1.82) is 0 Å². The van der Waals surface area contributed by atoms with Gasteiger partial charge in [0.1, 0.15) is 0 Å². The number of aryl methyl sites for hydroxylation is 1. The van der Waals surface area contributed by atoms with E-state index in [0.717, 1.165) is 18.5 Å². The van der Waals surface area contributed by atoms with Gasteiger partial charge in [-0.1, -0.05) is 13.0 Å². The van der Waals surface area contributed by atoms with Crippen LogP contribution in [0.25, 0.3) is 0 Å². The molecular weight excluding hydrogens is 295 g/mol. The molecule has 0 saturated heterocycles. The fourth-order valence-corrected chi connectivity index (χ4v) is 3.11. The fraction of sp³-hybridized carbons (Fsp3) is 0.375. The van der Waals surface area contributed by atoms with E-state index in [-0.39, 0.29) is 6.04 Å². The van der Waals surface area contributed by atoms with Gasteiger partial charge in [0.25, 0.3) is 0 Å². The average molecular weight is 313 g/mol. The minimum Gasteiger partial charge on any atom is -0.310 e. The number of alkyl halides is 3. The van der Waals surface area contributed by atoms with Crippen LogP contribution in [-0.4, -0.2) is 6.54 Å². The van der Waals surface area contributed by atoms with E-state index in [4.69, 9.17) is 0 Å². The van der Waals surface area contributed by atoms with E-state index in [1.165, 1.54) is 17.7 Å². The quantitative estimate of drug-likeness (QED) is 0.822. The number of likely N-dealkylation sites (N-methyl/N-ethyl adjacent to an activating group) is 1. The van der Waals surface area contributed by atoms with E-state index >= 15 is 0 Å². The molecule has 5 heteroatoms. The maximum absolute atomic E-state index is 12.7. The Labute approximate surface area is 126 Å². The van der Waals surface area contributed by atoms with Gasteiger partial charge in [-0.05, 0) is 65.5 Å². The SMILES string of the molecule is CCNC(Cc1ccsc1)c1ccc(C(F)(F)F)cc1C. The van der Waals surface area contributed by atoms with E-state index in [1.54, 1.807) is 24.3 Å². The summed E-state index contributed by atoms with van der Waals surface area (Å²) in [6.45, 7) is 4.51. The highest BCUT2D eigenvalue weighted by atomic mass is 32.1. The van der Waals surface area contributed by atoms with E-state index in [2.05, 4.69) is 16.8 Å². The van der Waals surface area contributed by atoms with Gasteiger partial charge in [0.2, 0.25) is 0 Å². The fourth-order valence-electron chi connectivity index (χ4n) is 2.43. The summed E-state index contributed by atoms with van der Waals surface area (Å²) in [5, 5.41) is 7.44. The number of hydrogen-bond acceptors (Lipinski definition) is 2. The monoisotopic (exact) mass is 313 g/mol. The van der Waals surface area contributed by atoms with Crippen LogP contribution in [-0.2, 0) is 12.6 Å². The van der Waals surface area contributed by atoms with Crippen molar-refractivity contribution in [2.24, 2.45) is 0 Å². The summed E-state index contributed by atoms with van der Waals surface area (Å²) in [5.41, 5.74) is 2.21. The van der Waals surface area contributed by atoms with Crippen molar-refractivity contribution in [3.8, 4) is 0 Å². The van der Waals surface area contributed by atoms with Crippen LogP contribution in [0.2, 0.25) is 0 Å². The molecule has 21 heavy (non-hydrogen) atoms. The number of thiophene rings is 1. The van der Waals surface area contributed by atoms with Gasteiger partial charge in [-0.15, -0.1) is 0 Å². The maximum Gasteiger partial charge on any atom is 0.416 e. The van der Waals surface area contributed by atoms with Gasteiger partial charge < -0.3 is 5.32 Å². The molecular formula is C16H18F3NS. The van der Waals surface area contributed by atoms with Gasteiger partial charge >= 0.3 is 6.18 Å². The molecule has 0 fully saturated rings. The summed E-state index contributed by atoms with van der Waals surface area (Å²) in [5.74, 6) is 0. The second kappa shape index (κ2) is 6.62. The lowest BCUT2D eigenvalue weighted by Crippen LogP contribution is -2.24. The predicted molar refractivity (Wildman–Crippen MR) is 80.6 cm³/mol. The van der Waals surface area contributed by atoms with Crippen LogP contribution >= 0.6 is 11.3 Å². The maximum atomic E-state index is 12.7. The molecule has 1 heterocycles. The average Bonchev–Trinajstić information content (AvgIpc) is 2.90. The molecule has 2 rings (SSSR count). The first-order valence-electron chi connectivity index (χ1n) is 6.84. The van der Waals surface area contributed by atoms with Crippen LogP contribution in [0, 0.1) is 6.92 Å². The number of halogens is 3. The third-order valence-electron chi connectivity index (χ3n) is 3.44. The Bertz CT molecular complexity index is 576. The van der Waals surface area contributed by atoms with Gasteiger partial charge in [-0.3, -0.25) is 0 Å². The first-order valence-corrected chi connectivity index (χ1v) is 7.78. The van der Waals surface area contributed by atoms with Crippen molar-refractivity contribution in [2.45, 2.75) is 32.5 Å². The Morgan fingerprint density at radius 2 is 2.00 bits per heavy atom. The molecule has 0 aliphatic carbocycles. The Morgan fingerprint density at radius 1 is 1.24 bits per heavy atom.